The van der Waals surface area contributed by atoms with Gasteiger partial charge in [-0.05, 0) is 43.1 Å². The van der Waals surface area contributed by atoms with E-state index in [4.69, 9.17) is 16.6 Å². The molecule has 4 N–H and O–H groups in total. The quantitative estimate of drug-likeness (QED) is 0.332. The largest absolute Gasteiger partial charge is 0.368 e. The van der Waals surface area contributed by atoms with Crippen LogP contribution in [0.4, 0.5) is 5.82 Å². The van der Waals surface area contributed by atoms with E-state index < -0.39 is 5.54 Å². The maximum atomic E-state index is 12.5. The Morgan fingerprint density at radius 3 is 2.97 bits per heavy atom. The molecule has 9 nitrogen and oxygen atoms in total. The van der Waals surface area contributed by atoms with E-state index in [1.54, 1.807) is 12.5 Å². The van der Waals surface area contributed by atoms with Gasteiger partial charge in [-0.15, -0.1) is 0 Å². The first-order valence-corrected chi connectivity index (χ1v) is 11.5. The smallest absolute Gasteiger partial charge is 0.220 e. The van der Waals surface area contributed by atoms with Crippen LogP contribution in [0.25, 0.3) is 22.1 Å². The molecule has 0 unspecified atom stereocenters. The van der Waals surface area contributed by atoms with Gasteiger partial charge in [0.1, 0.15) is 11.8 Å². The minimum Gasteiger partial charge on any atom is -0.368 e. The highest BCUT2D eigenvalue weighted by Crippen LogP contribution is 2.38. The number of nitrogens with zero attached hydrogens (tertiary/aromatic N) is 4. The summed E-state index contributed by atoms with van der Waals surface area (Å²) in [5.74, 6) is 0.688. The van der Waals surface area contributed by atoms with E-state index in [0.29, 0.717) is 47.9 Å². The third-order valence-electron chi connectivity index (χ3n) is 6.16. The first-order chi connectivity index (χ1) is 16.1. The molecule has 0 radical (unpaired) electrons. The van der Waals surface area contributed by atoms with Crippen molar-refractivity contribution in [3.8, 4) is 0 Å². The van der Waals surface area contributed by atoms with Gasteiger partial charge in [-0.25, -0.2) is 15.0 Å². The van der Waals surface area contributed by atoms with Gasteiger partial charge in [0.25, 0.3) is 0 Å². The molecule has 0 saturated carbocycles. The van der Waals surface area contributed by atoms with Crippen LogP contribution in [0.2, 0.25) is 5.02 Å². The monoisotopic (exact) mass is 464 g/mol. The van der Waals surface area contributed by atoms with Crippen molar-refractivity contribution in [2.45, 2.75) is 31.7 Å². The van der Waals surface area contributed by atoms with Crippen LogP contribution in [0, 0.1) is 0 Å². The van der Waals surface area contributed by atoms with Gasteiger partial charge in [0.2, 0.25) is 5.91 Å². The Balaban J connectivity index is 1.54. The molecule has 1 fully saturated rings. The second-order valence-corrected chi connectivity index (χ2v) is 8.61. The molecule has 1 aliphatic heterocycles. The predicted octanol–water partition coefficient (Wildman–Crippen LogP) is 2.92. The number of aromatic amines is 1. The third-order valence-corrected chi connectivity index (χ3v) is 6.47. The van der Waals surface area contributed by atoms with Crippen molar-refractivity contribution in [3.63, 3.8) is 0 Å². The minimum absolute atomic E-state index is 0.0173. The van der Waals surface area contributed by atoms with Gasteiger partial charge >= 0.3 is 0 Å². The van der Waals surface area contributed by atoms with Crippen LogP contribution < -0.4 is 16.0 Å². The van der Waals surface area contributed by atoms with Crippen LogP contribution in [0.15, 0.2) is 37.1 Å². The molecule has 1 saturated heterocycles. The number of benzene rings is 1. The van der Waals surface area contributed by atoms with E-state index in [1.165, 1.54) is 6.33 Å². The number of carbonyl (C=O) groups is 1. The average Bonchev–Trinajstić information content (AvgIpc) is 3.50. The summed E-state index contributed by atoms with van der Waals surface area (Å²) >= 11 is 6.68. The lowest BCUT2D eigenvalue weighted by Gasteiger charge is -2.33. The number of hydrogen-bond acceptors (Lipinski definition) is 7. The second-order valence-electron chi connectivity index (χ2n) is 8.20. The van der Waals surface area contributed by atoms with Crippen LogP contribution in [0.1, 0.15) is 30.9 Å². The van der Waals surface area contributed by atoms with E-state index in [2.05, 4.69) is 35.9 Å². The van der Waals surface area contributed by atoms with Crippen molar-refractivity contribution < 1.29 is 4.79 Å². The van der Waals surface area contributed by atoms with Crippen molar-refractivity contribution >= 4 is 45.4 Å². The van der Waals surface area contributed by atoms with Gasteiger partial charge in [-0.3, -0.25) is 9.78 Å². The van der Waals surface area contributed by atoms with E-state index in [9.17, 15) is 4.79 Å². The molecule has 10 heteroatoms. The standard InChI is InChI=1S/C23H25ClN8O/c1-2-17(33)32-23(6-9-25-11-23)18-14(10-16(24)15-4-3-7-26-19(15)18)5-8-27-21-20-22(29-12-28-20)31-13-30-21/h3-4,7,10,12-13,25H,2,5-6,8-9,11H2,1H3,(H,32,33)(H2,27,28,29,30,31)/t23-/m1/s1. The highest BCUT2D eigenvalue weighted by atomic mass is 35.5. The Morgan fingerprint density at radius 1 is 1.24 bits per heavy atom. The van der Waals surface area contributed by atoms with Gasteiger partial charge in [0.15, 0.2) is 11.5 Å². The van der Waals surface area contributed by atoms with Gasteiger partial charge in [0, 0.05) is 36.7 Å². The number of anilines is 1. The number of carbonyl (C=O) groups excluding carboxylic acids is 1. The van der Waals surface area contributed by atoms with Crippen molar-refractivity contribution in [2.75, 3.05) is 25.0 Å². The number of pyridine rings is 1. The lowest BCUT2D eigenvalue weighted by Crippen LogP contribution is -2.48. The second kappa shape index (κ2) is 8.92. The van der Waals surface area contributed by atoms with E-state index in [-0.39, 0.29) is 5.91 Å². The van der Waals surface area contributed by atoms with E-state index in [0.717, 1.165) is 35.0 Å². The van der Waals surface area contributed by atoms with Gasteiger partial charge in [0.05, 0.1) is 22.4 Å². The van der Waals surface area contributed by atoms with Crippen molar-refractivity contribution in [1.82, 2.24) is 35.6 Å². The first-order valence-electron chi connectivity index (χ1n) is 11.1. The van der Waals surface area contributed by atoms with Crippen molar-refractivity contribution in [2.24, 2.45) is 0 Å². The van der Waals surface area contributed by atoms with Gasteiger partial charge in [-0.2, -0.15) is 0 Å². The summed E-state index contributed by atoms with van der Waals surface area (Å²) in [4.78, 5) is 33.1. The lowest BCUT2D eigenvalue weighted by atomic mass is 9.82. The summed E-state index contributed by atoms with van der Waals surface area (Å²) in [6.07, 6.45) is 6.75. The summed E-state index contributed by atoms with van der Waals surface area (Å²) in [6.45, 7) is 3.93. The molecule has 4 aromatic rings. The molecule has 3 aromatic heterocycles. The molecule has 0 aliphatic carbocycles. The van der Waals surface area contributed by atoms with Crippen molar-refractivity contribution in [3.05, 3.63) is 53.2 Å². The van der Waals surface area contributed by atoms with Crippen molar-refractivity contribution in [1.29, 1.82) is 0 Å². The molecular weight excluding hydrogens is 440 g/mol. The van der Waals surface area contributed by atoms with E-state index >= 15 is 0 Å². The topological polar surface area (TPSA) is 121 Å². The molecule has 170 valence electrons. The summed E-state index contributed by atoms with van der Waals surface area (Å²) in [6, 6.07) is 5.86. The fraction of sp³-hybridized carbons (Fsp3) is 0.348. The fourth-order valence-corrected chi connectivity index (χ4v) is 4.91. The minimum atomic E-state index is -0.538. The number of imidazole rings is 1. The number of amides is 1. The molecular formula is C23H25ClN8O. The van der Waals surface area contributed by atoms with Gasteiger partial charge in [-0.1, -0.05) is 18.5 Å². The molecule has 0 spiro atoms. The van der Waals surface area contributed by atoms with Gasteiger partial charge < -0.3 is 20.9 Å². The van der Waals surface area contributed by atoms with Crippen LogP contribution in [-0.4, -0.2) is 50.5 Å². The summed E-state index contributed by atoms with van der Waals surface area (Å²) in [5.41, 5.74) is 3.75. The number of H-pyrrole nitrogens is 1. The molecule has 5 rings (SSSR count). The zero-order chi connectivity index (χ0) is 22.8. The average molecular weight is 465 g/mol. The van der Waals surface area contributed by atoms with Crippen LogP contribution >= 0.6 is 11.6 Å². The Morgan fingerprint density at radius 2 is 2.15 bits per heavy atom. The molecule has 33 heavy (non-hydrogen) atoms. The number of aromatic nitrogens is 5. The van der Waals surface area contributed by atoms with Crippen LogP contribution in [0.5, 0.6) is 0 Å². The predicted molar refractivity (Wildman–Crippen MR) is 128 cm³/mol. The maximum Gasteiger partial charge on any atom is 0.220 e. The number of halogens is 1. The molecule has 4 heterocycles. The highest BCUT2D eigenvalue weighted by Gasteiger charge is 2.40. The molecule has 1 aliphatic rings. The lowest BCUT2D eigenvalue weighted by molar-refractivity contribution is -0.122. The third kappa shape index (κ3) is 3.98. The number of fused-ring (bicyclic) bond motifs is 2. The normalized spacial score (nSPS) is 18.1. The summed E-state index contributed by atoms with van der Waals surface area (Å²) in [7, 11) is 0. The zero-order valence-corrected chi connectivity index (χ0v) is 19.0. The Kier molecular flexibility index (Phi) is 5.82. The van der Waals surface area contributed by atoms with Crippen LogP contribution in [0.3, 0.4) is 0 Å². The molecule has 1 aromatic carbocycles. The summed E-state index contributed by atoms with van der Waals surface area (Å²) in [5, 5.41) is 11.6. The Labute approximate surface area is 195 Å². The zero-order valence-electron chi connectivity index (χ0n) is 18.3. The number of rotatable bonds is 7. The molecule has 0 bridgehead atoms. The Hall–Kier alpha value is -3.30. The SMILES string of the molecule is CCC(=O)N[C@]1(c2c(CCNc3ncnc4[nH]cnc34)cc(Cl)c3cccnc23)CCNC1. The van der Waals surface area contributed by atoms with Crippen LogP contribution in [-0.2, 0) is 16.8 Å². The fourth-order valence-electron chi connectivity index (χ4n) is 4.62. The highest BCUT2D eigenvalue weighted by molar-refractivity contribution is 6.35. The maximum absolute atomic E-state index is 12.5. The Bertz CT molecular complexity index is 1310. The van der Waals surface area contributed by atoms with E-state index in [1.807, 2.05) is 25.1 Å². The number of nitrogens with one attached hydrogen (secondary N) is 4. The molecule has 1 atom stereocenters. The molecule has 1 amide bonds. The number of hydrogen-bond donors (Lipinski definition) is 4. The first kappa shape index (κ1) is 21.5. The summed E-state index contributed by atoms with van der Waals surface area (Å²) < 4.78 is 0.